The van der Waals surface area contributed by atoms with Crippen molar-refractivity contribution in [3.63, 3.8) is 0 Å². The van der Waals surface area contributed by atoms with Crippen LogP contribution in [0.3, 0.4) is 0 Å². The molecule has 1 unspecified atom stereocenters. The predicted octanol–water partition coefficient (Wildman–Crippen LogP) is 4.55. The highest BCUT2D eigenvalue weighted by Gasteiger charge is 2.25. The van der Waals surface area contributed by atoms with Crippen LogP contribution in [-0.4, -0.2) is 36.5 Å². The van der Waals surface area contributed by atoms with Gasteiger partial charge in [-0.2, -0.15) is 0 Å². The minimum absolute atomic E-state index is 0.229. The molecule has 0 aliphatic heterocycles. The standard InChI is InChI=1S/C28H25NO4/c1-3-16-29(2)24-15-14-22-18-25(32-27(30)20-10-6-4-7-11-20)26(19-23(22)17-24)33-28(31)21-12-8-5-9-13-21/h1,4-13,18-19,24H,14-17H2,2H3. The lowest BCUT2D eigenvalue weighted by Gasteiger charge is -2.31. The number of aryl methyl sites for hydroxylation is 1. The number of likely N-dealkylation sites (N-methyl/N-ethyl adjacent to an activating group) is 1. The van der Waals surface area contributed by atoms with Crippen molar-refractivity contribution < 1.29 is 19.1 Å². The quantitative estimate of drug-likeness (QED) is 0.321. The molecule has 1 aliphatic carbocycles. The molecule has 0 bridgehead atoms. The summed E-state index contributed by atoms with van der Waals surface area (Å²) >= 11 is 0. The van der Waals surface area contributed by atoms with Crippen molar-refractivity contribution in [2.24, 2.45) is 0 Å². The summed E-state index contributed by atoms with van der Waals surface area (Å²) in [4.78, 5) is 27.6. The Bertz CT molecular complexity index is 1180. The van der Waals surface area contributed by atoms with Crippen LogP contribution in [0.1, 0.15) is 38.3 Å². The number of hydrogen-bond donors (Lipinski definition) is 0. The molecule has 0 fully saturated rings. The molecule has 5 heteroatoms. The van der Waals surface area contributed by atoms with Gasteiger partial charge in [0.05, 0.1) is 17.7 Å². The van der Waals surface area contributed by atoms with Gasteiger partial charge in [-0.1, -0.05) is 42.3 Å². The molecule has 0 amide bonds. The molecular formula is C28H25NO4. The molecule has 0 saturated heterocycles. The van der Waals surface area contributed by atoms with Crippen molar-refractivity contribution in [3.05, 3.63) is 95.1 Å². The molecule has 3 aromatic carbocycles. The lowest BCUT2D eigenvalue weighted by atomic mass is 9.87. The summed E-state index contributed by atoms with van der Waals surface area (Å²) in [5.74, 6) is 2.14. The fourth-order valence-electron chi connectivity index (χ4n) is 4.02. The molecule has 5 nitrogen and oxygen atoms in total. The number of carbonyl (C=O) groups excluding carboxylic acids is 2. The van der Waals surface area contributed by atoms with E-state index in [0.29, 0.717) is 23.7 Å². The molecular weight excluding hydrogens is 414 g/mol. The highest BCUT2D eigenvalue weighted by Crippen LogP contribution is 2.36. The van der Waals surface area contributed by atoms with E-state index < -0.39 is 11.9 Å². The molecule has 0 radical (unpaired) electrons. The molecule has 0 N–H and O–H groups in total. The van der Waals surface area contributed by atoms with Crippen LogP contribution >= 0.6 is 0 Å². The first kappa shape index (κ1) is 22.3. The third-order valence-corrected chi connectivity index (χ3v) is 5.86. The molecule has 0 aromatic heterocycles. The van der Waals surface area contributed by atoms with Gasteiger partial charge in [0.1, 0.15) is 0 Å². The Hall–Kier alpha value is -3.88. The van der Waals surface area contributed by atoms with E-state index in [0.717, 1.165) is 30.4 Å². The smallest absolute Gasteiger partial charge is 0.343 e. The van der Waals surface area contributed by atoms with E-state index in [2.05, 4.69) is 10.8 Å². The van der Waals surface area contributed by atoms with Crippen LogP contribution in [0.2, 0.25) is 0 Å². The fraction of sp³-hybridized carbons (Fsp3) is 0.214. The van der Waals surface area contributed by atoms with Gasteiger partial charge in [-0.05, 0) is 73.8 Å². The fourth-order valence-corrected chi connectivity index (χ4v) is 4.02. The van der Waals surface area contributed by atoms with Gasteiger partial charge in [0, 0.05) is 6.04 Å². The molecule has 0 spiro atoms. The van der Waals surface area contributed by atoms with Crippen LogP contribution < -0.4 is 9.47 Å². The zero-order chi connectivity index (χ0) is 23.2. The largest absolute Gasteiger partial charge is 0.419 e. The maximum absolute atomic E-state index is 12.8. The van der Waals surface area contributed by atoms with Crippen LogP contribution in [0.25, 0.3) is 0 Å². The van der Waals surface area contributed by atoms with Crippen LogP contribution in [0, 0.1) is 12.3 Å². The summed E-state index contributed by atoms with van der Waals surface area (Å²) in [7, 11) is 2.02. The number of carbonyl (C=O) groups is 2. The van der Waals surface area contributed by atoms with Crippen molar-refractivity contribution in [3.8, 4) is 23.8 Å². The van der Waals surface area contributed by atoms with E-state index in [-0.39, 0.29) is 11.5 Å². The summed E-state index contributed by atoms with van der Waals surface area (Å²) in [6, 6.07) is 21.4. The summed E-state index contributed by atoms with van der Waals surface area (Å²) in [6.45, 7) is 0.572. The number of terminal acetylenes is 1. The zero-order valence-electron chi connectivity index (χ0n) is 18.5. The van der Waals surface area contributed by atoms with E-state index in [1.54, 1.807) is 48.5 Å². The Labute approximate surface area is 193 Å². The monoisotopic (exact) mass is 439 g/mol. The SMILES string of the molecule is C#CCN(C)C1CCc2cc(OC(=O)c3ccccc3)c(OC(=O)c3ccccc3)cc2C1. The second kappa shape index (κ2) is 10.2. The third-order valence-electron chi connectivity index (χ3n) is 5.86. The number of fused-ring (bicyclic) bond motifs is 1. The molecule has 0 saturated carbocycles. The average molecular weight is 440 g/mol. The van der Waals surface area contributed by atoms with Crippen molar-refractivity contribution in [2.75, 3.05) is 13.6 Å². The van der Waals surface area contributed by atoms with Gasteiger partial charge in [0.25, 0.3) is 0 Å². The zero-order valence-corrected chi connectivity index (χ0v) is 18.5. The molecule has 3 aromatic rings. The highest BCUT2D eigenvalue weighted by atomic mass is 16.6. The van der Waals surface area contributed by atoms with Gasteiger partial charge < -0.3 is 9.47 Å². The molecule has 166 valence electrons. The summed E-state index contributed by atoms with van der Waals surface area (Å²) < 4.78 is 11.4. The van der Waals surface area contributed by atoms with Gasteiger partial charge in [-0.15, -0.1) is 6.42 Å². The minimum atomic E-state index is -0.510. The predicted molar refractivity (Wildman–Crippen MR) is 127 cm³/mol. The molecule has 33 heavy (non-hydrogen) atoms. The first-order valence-electron chi connectivity index (χ1n) is 10.9. The van der Waals surface area contributed by atoms with E-state index in [1.807, 2.05) is 31.3 Å². The van der Waals surface area contributed by atoms with Crippen LogP contribution in [0.4, 0.5) is 0 Å². The second-order valence-electron chi connectivity index (χ2n) is 8.09. The normalized spacial score (nSPS) is 14.8. The van der Waals surface area contributed by atoms with Crippen LogP contribution in [0.5, 0.6) is 11.5 Å². The highest BCUT2D eigenvalue weighted by molar-refractivity contribution is 5.93. The molecule has 4 rings (SSSR count). The van der Waals surface area contributed by atoms with E-state index >= 15 is 0 Å². The Morgan fingerprint density at radius 1 is 0.909 bits per heavy atom. The maximum Gasteiger partial charge on any atom is 0.343 e. The number of rotatable bonds is 6. The van der Waals surface area contributed by atoms with Crippen molar-refractivity contribution in [2.45, 2.75) is 25.3 Å². The molecule has 1 atom stereocenters. The third kappa shape index (κ3) is 5.31. The summed E-state index contributed by atoms with van der Waals surface area (Å²) in [5, 5.41) is 0. The second-order valence-corrected chi connectivity index (χ2v) is 8.09. The summed E-state index contributed by atoms with van der Waals surface area (Å²) in [6.07, 6.45) is 8.02. The Balaban J connectivity index is 1.65. The van der Waals surface area contributed by atoms with Crippen molar-refractivity contribution in [1.29, 1.82) is 0 Å². The average Bonchev–Trinajstić information content (AvgIpc) is 2.85. The number of hydrogen-bond acceptors (Lipinski definition) is 5. The minimum Gasteiger partial charge on any atom is -0.419 e. The van der Waals surface area contributed by atoms with Crippen LogP contribution in [-0.2, 0) is 12.8 Å². The Kier molecular flexibility index (Phi) is 6.87. The topological polar surface area (TPSA) is 55.8 Å². The first-order valence-corrected chi connectivity index (χ1v) is 10.9. The van der Waals surface area contributed by atoms with Gasteiger partial charge in [0.15, 0.2) is 11.5 Å². The summed E-state index contributed by atoms with van der Waals surface area (Å²) in [5.41, 5.74) is 2.98. The van der Waals surface area contributed by atoms with E-state index in [4.69, 9.17) is 15.9 Å². The van der Waals surface area contributed by atoms with Gasteiger partial charge in [0.2, 0.25) is 0 Å². The van der Waals surface area contributed by atoms with E-state index in [1.165, 1.54) is 0 Å². The molecule has 1 aliphatic rings. The van der Waals surface area contributed by atoms with Crippen LogP contribution in [0.15, 0.2) is 72.8 Å². The number of esters is 2. The lowest BCUT2D eigenvalue weighted by molar-refractivity contribution is 0.0682. The lowest BCUT2D eigenvalue weighted by Crippen LogP contribution is -2.36. The van der Waals surface area contributed by atoms with Gasteiger partial charge >= 0.3 is 11.9 Å². The first-order chi connectivity index (χ1) is 16.0. The van der Waals surface area contributed by atoms with Gasteiger partial charge in [-0.3, -0.25) is 4.90 Å². The molecule has 0 heterocycles. The van der Waals surface area contributed by atoms with Crippen molar-refractivity contribution >= 4 is 11.9 Å². The number of nitrogens with zero attached hydrogens (tertiary/aromatic N) is 1. The van der Waals surface area contributed by atoms with Gasteiger partial charge in [-0.25, -0.2) is 9.59 Å². The number of benzene rings is 3. The Morgan fingerprint density at radius 3 is 1.94 bits per heavy atom. The van der Waals surface area contributed by atoms with E-state index in [9.17, 15) is 9.59 Å². The maximum atomic E-state index is 12.8. The number of ether oxygens (including phenoxy) is 2. The Morgan fingerprint density at radius 2 is 1.42 bits per heavy atom. The van der Waals surface area contributed by atoms with Crippen molar-refractivity contribution in [1.82, 2.24) is 4.90 Å².